The Bertz CT molecular complexity index is 847. The molecule has 1 fully saturated rings. The zero-order chi connectivity index (χ0) is 17.3. The Hall–Kier alpha value is -2.46. The molecular formula is C21H23FN3+. The second-order valence-corrected chi connectivity index (χ2v) is 7.09. The van der Waals surface area contributed by atoms with Crippen molar-refractivity contribution in [2.75, 3.05) is 20.1 Å². The molecule has 1 N–H and O–H groups in total. The fourth-order valence-corrected chi connectivity index (χ4v) is 3.79. The Balaban J connectivity index is 1.85. The lowest BCUT2D eigenvalue weighted by Gasteiger charge is -2.35. The topological polar surface area (TPSA) is 28.7 Å². The first-order chi connectivity index (χ1) is 12.2. The third-order valence-electron chi connectivity index (χ3n) is 5.31. The first kappa shape index (κ1) is 16.0. The lowest BCUT2D eigenvalue weighted by molar-refractivity contribution is 0.269. The van der Waals surface area contributed by atoms with Crippen LogP contribution in [-0.2, 0) is 0 Å². The van der Waals surface area contributed by atoms with Crippen LogP contribution in [0.3, 0.4) is 0 Å². The highest BCUT2D eigenvalue weighted by Crippen LogP contribution is 2.38. The maximum Gasteiger partial charge on any atom is 0.206 e. The second kappa shape index (κ2) is 6.45. The summed E-state index contributed by atoms with van der Waals surface area (Å²) in [5.41, 5.74) is 4.32. The Morgan fingerprint density at radius 1 is 0.920 bits per heavy atom. The molecule has 1 aromatic carbocycles. The van der Waals surface area contributed by atoms with Gasteiger partial charge in [-0.05, 0) is 66.8 Å². The maximum absolute atomic E-state index is 13.4. The zero-order valence-corrected chi connectivity index (χ0v) is 14.5. The Morgan fingerprint density at radius 3 is 2.28 bits per heavy atom. The Labute approximate surface area is 147 Å². The van der Waals surface area contributed by atoms with Crippen LogP contribution in [0.15, 0.2) is 54.9 Å². The lowest BCUT2D eigenvalue weighted by Crippen LogP contribution is -2.49. The number of nitrogens with one attached hydrogen (secondary N) is 1. The van der Waals surface area contributed by atoms with Crippen molar-refractivity contribution in [3.63, 3.8) is 0 Å². The Kier molecular flexibility index (Phi) is 4.14. The van der Waals surface area contributed by atoms with Crippen LogP contribution in [0.4, 0.5) is 10.2 Å². The number of quaternary nitrogens is 1. The van der Waals surface area contributed by atoms with Gasteiger partial charge in [-0.2, -0.15) is 0 Å². The zero-order valence-electron chi connectivity index (χ0n) is 14.5. The number of aromatic nitrogens is 2. The molecule has 0 radical (unpaired) electrons. The third kappa shape index (κ3) is 3.10. The fourth-order valence-electron chi connectivity index (χ4n) is 3.79. The summed E-state index contributed by atoms with van der Waals surface area (Å²) in [7, 11) is 2.30. The van der Waals surface area contributed by atoms with E-state index in [4.69, 9.17) is 0 Å². The van der Waals surface area contributed by atoms with Crippen LogP contribution in [0.2, 0.25) is 0 Å². The van der Waals surface area contributed by atoms with Gasteiger partial charge in [-0.15, -0.1) is 0 Å². The third-order valence-corrected chi connectivity index (χ3v) is 5.31. The van der Waals surface area contributed by atoms with E-state index in [0.717, 1.165) is 40.0 Å². The number of hydrogen-bond donors (Lipinski definition) is 1. The number of halogens is 1. The number of pyridine rings is 1. The minimum atomic E-state index is -0.212. The normalized spacial score (nSPS) is 16.7. The molecule has 0 aliphatic carbocycles. The van der Waals surface area contributed by atoms with Gasteiger partial charge in [-0.25, -0.2) is 4.39 Å². The van der Waals surface area contributed by atoms with E-state index in [2.05, 4.69) is 23.1 Å². The molecule has 1 saturated heterocycles. The lowest BCUT2D eigenvalue weighted by atomic mass is 10.0. The van der Waals surface area contributed by atoms with Gasteiger partial charge < -0.3 is 4.98 Å². The van der Waals surface area contributed by atoms with Crippen molar-refractivity contribution >= 4 is 5.82 Å². The van der Waals surface area contributed by atoms with Gasteiger partial charge in [0.1, 0.15) is 5.82 Å². The minimum Gasteiger partial charge on any atom is -0.310 e. The molecule has 0 bridgehead atoms. The van der Waals surface area contributed by atoms with Crippen molar-refractivity contribution < 1.29 is 4.39 Å². The van der Waals surface area contributed by atoms with E-state index >= 15 is 0 Å². The van der Waals surface area contributed by atoms with Gasteiger partial charge in [0.2, 0.25) is 5.82 Å². The van der Waals surface area contributed by atoms with Crippen molar-refractivity contribution in [1.29, 1.82) is 0 Å². The summed E-state index contributed by atoms with van der Waals surface area (Å²) in [6, 6.07) is 13.0. The summed E-state index contributed by atoms with van der Waals surface area (Å²) >= 11 is 0. The van der Waals surface area contributed by atoms with Gasteiger partial charge >= 0.3 is 0 Å². The summed E-state index contributed by atoms with van der Waals surface area (Å²) in [6.07, 6.45) is 7.45. The number of likely N-dealkylation sites (tertiary alicyclic amines) is 1. The molecule has 0 saturated carbocycles. The van der Waals surface area contributed by atoms with E-state index in [0.29, 0.717) is 0 Å². The maximum atomic E-state index is 13.4. The summed E-state index contributed by atoms with van der Waals surface area (Å²) in [4.78, 5) is 7.79. The first-order valence-electron chi connectivity index (χ1n) is 8.90. The van der Waals surface area contributed by atoms with Crippen molar-refractivity contribution in [1.82, 2.24) is 14.5 Å². The Morgan fingerprint density at radius 2 is 1.60 bits per heavy atom. The molecule has 4 rings (SSSR count). The number of aromatic amines is 1. The SMILES string of the molecule is C[N+]1(c2cc(-c3ccncc3)c(-c3ccc(F)cc3)[nH]2)CCCCC1. The van der Waals surface area contributed by atoms with E-state index in [-0.39, 0.29) is 5.82 Å². The van der Waals surface area contributed by atoms with Crippen LogP contribution in [0, 0.1) is 5.82 Å². The quantitative estimate of drug-likeness (QED) is 0.670. The fraction of sp³-hybridized carbons (Fsp3) is 0.286. The van der Waals surface area contributed by atoms with Gasteiger partial charge in [-0.3, -0.25) is 9.47 Å². The van der Waals surface area contributed by atoms with Crippen LogP contribution in [0.5, 0.6) is 0 Å². The number of benzene rings is 1. The van der Waals surface area contributed by atoms with Crippen LogP contribution in [-0.4, -0.2) is 30.1 Å². The molecule has 25 heavy (non-hydrogen) atoms. The summed E-state index contributed by atoms with van der Waals surface area (Å²) in [5, 5.41) is 0. The number of H-pyrrole nitrogens is 1. The van der Waals surface area contributed by atoms with Gasteiger partial charge in [0, 0.05) is 24.0 Å². The van der Waals surface area contributed by atoms with E-state index in [1.54, 1.807) is 0 Å². The highest BCUT2D eigenvalue weighted by Gasteiger charge is 2.30. The van der Waals surface area contributed by atoms with Crippen LogP contribution in [0.25, 0.3) is 22.4 Å². The summed E-state index contributed by atoms with van der Waals surface area (Å²) in [6.45, 7) is 2.30. The van der Waals surface area contributed by atoms with Crippen molar-refractivity contribution in [2.24, 2.45) is 0 Å². The molecule has 2 aromatic heterocycles. The van der Waals surface area contributed by atoms with Crippen molar-refractivity contribution in [2.45, 2.75) is 19.3 Å². The molecule has 1 aliphatic heterocycles. The van der Waals surface area contributed by atoms with Gasteiger partial charge in [0.15, 0.2) is 0 Å². The first-order valence-corrected chi connectivity index (χ1v) is 8.90. The molecule has 3 aromatic rings. The number of nitrogens with zero attached hydrogens (tertiary/aromatic N) is 2. The van der Waals surface area contributed by atoms with Crippen molar-refractivity contribution in [3.05, 3.63) is 60.7 Å². The monoisotopic (exact) mass is 336 g/mol. The van der Waals surface area contributed by atoms with Crippen LogP contribution < -0.4 is 4.48 Å². The smallest absolute Gasteiger partial charge is 0.206 e. The van der Waals surface area contributed by atoms with Gasteiger partial charge in [0.25, 0.3) is 0 Å². The van der Waals surface area contributed by atoms with Crippen LogP contribution >= 0.6 is 0 Å². The van der Waals surface area contributed by atoms with Gasteiger partial charge in [-0.1, -0.05) is 0 Å². The van der Waals surface area contributed by atoms with Gasteiger partial charge in [0.05, 0.1) is 25.8 Å². The van der Waals surface area contributed by atoms with Crippen LogP contribution in [0.1, 0.15) is 19.3 Å². The van der Waals surface area contributed by atoms with Crippen molar-refractivity contribution in [3.8, 4) is 22.4 Å². The highest BCUT2D eigenvalue weighted by atomic mass is 19.1. The highest BCUT2D eigenvalue weighted by molar-refractivity contribution is 5.84. The summed E-state index contributed by atoms with van der Waals surface area (Å²) in [5.74, 6) is 1.02. The largest absolute Gasteiger partial charge is 0.310 e. The number of rotatable bonds is 3. The molecule has 3 nitrogen and oxygen atoms in total. The standard InChI is InChI=1S/C21H23FN3/c1-25(13-3-2-4-14-25)20-15-19(16-9-11-23-12-10-16)21(24-20)17-5-7-18(22)8-6-17/h5-12,15,24H,2-4,13-14H2,1H3/q+1. The number of hydrogen-bond acceptors (Lipinski definition) is 1. The molecular weight excluding hydrogens is 313 g/mol. The van der Waals surface area contributed by atoms with E-state index in [9.17, 15) is 4.39 Å². The molecule has 0 spiro atoms. The predicted octanol–water partition coefficient (Wildman–Crippen LogP) is 5.00. The van der Waals surface area contributed by atoms with E-state index < -0.39 is 0 Å². The molecule has 3 heterocycles. The summed E-state index contributed by atoms with van der Waals surface area (Å²) < 4.78 is 14.3. The molecule has 4 heteroatoms. The number of piperidine rings is 1. The molecule has 1 aliphatic rings. The van der Waals surface area contributed by atoms with E-state index in [1.807, 2.05) is 36.7 Å². The average molecular weight is 336 g/mol. The second-order valence-electron chi connectivity index (χ2n) is 7.09. The predicted molar refractivity (Wildman–Crippen MR) is 101 cm³/mol. The molecule has 128 valence electrons. The molecule has 0 amide bonds. The van der Waals surface area contributed by atoms with E-state index in [1.165, 1.54) is 37.2 Å². The average Bonchev–Trinajstić information content (AvgIpc) is 3.10. The minimum absolute atomic E-state index is 0.212. The molecule has 0 unspecified atom stereocenters. The molecule has 0 atom stereocenters.